The van der Waals surface area contributed by atoms with Crippen LogP contribution in [-0.2, 0) is 20.7 Å². The number of methoxy groups -OCH3 is 3. The average molecular weight is 583 g/mol. The molecule has 0 amide bonds. The molecule has 0 bridgehead atoms. The van der Waals surface area contributed by atoms with Crippen molar-refractivity contribution in [3.63, 3.8) is 0 Å². The molecule has 4 rings (SSSR count). The van der Waals surface area contributed by atoms with Crippen LogP contribution in [0.25, 0.3) is 0 Å². The summed E-state index contributed by atoms with van der Waals surface area (Å²) in [5.41, 5.74) is 1.23. The summed E-state index contributed by atoms with van der Waals surface area (Å²) in [5.74, 6) is -4.93. The molecular formula is C27H34O14. The second-order valence-corrected chi connectivity index (χ2v) is 9.98. The number of hydrogen-bond donors (Lipinski definition) is 8. The number of hydrogen-bond acceptors (Lipinski definition) is 13. The fourth-order valence-electron chi connectivity index (χ4n) is 5.63. The zero-order valence-electron chi connectivity index (χ0n) is 22.5. The minimum absolute atomic E-state index is 0.0123. The Hall–Kier alpha value is -3.53. The number of aromatic hydroxyl groups is 3. The standard InChI is InChI=1S/C27H34O14/c1-37-14-6-11(7-15(38-2)19(14)29)17-13(9-40-27-24(34)22(32)23(33)25(41-27)26(35)36)12(8-28)4-10-5-16(39-3)20(30)21(31)18(10)17/h5-7,12-13,17,22-25,27-34H,4,8-9H2,1-3H3,(H,35,36)/t12-,13-,17-,22-,23-,24+,25-,27+/m0/s1. The SMILES string of the molecule is COc1cc([C@@H]2c3c(cc(OC)c(O)c3O)C[C@@H](CO)[C@@H]2CO[C@@H]2O[C@H](C(=O)O)[C@@H](O)[C@H](O)[C@H]2O)cc(OC)c1O. The Balaban J connectivity index is 1.82. The molecule has 41 heavy (non-hydrogen) atoms. The molecule has 0 radical (unpaired) electrons. The zero-order valence-corrected chi connectivity index (χ0v) is 22.5. The normalized spacial score (nSPS) is 29.4. The van der Waals surface area contributed by atoms with Crippen LogP contribution in [0.5, 0.6) is 34.5 Å². The number of carboxylic acids is 1. The molecule has 0 unspecified atom stereocenters. The third-order valence-electron chi connectivity index (χ3n) is 7.77. The van der Waals surface area contributed by atoms with Crippen LogP contribution >= 0.6 is 0 Å². The molecular weight excluding hydrogens is 548 g/mol. The molecule has 1 aliphatic heterocycles. The van der Waals surface area contributed by atoms with Gasteiger partial charge in [-0.05, 0) is 47.6 Å². The fourth-order valence-corrected chi connectivity index (χ4v) is 5.63. The second kappa shape index (κ2) is 12.1. The number of carbonyl (C=O) groups is 1. The van der Waals surface area contributed by atoms with Gasteiger partial charge in [-0.25, -0.2) is 4.79 Å². The Morgan fingerprint density at radius 2 is 1.46 bits per heavy atom. The number of aliphatic hydroxyl groups is 4. The number of rotatable bonds is 9. The first-order valence-electron chi connectivity index (χ1n) is 12.7. The largest absolute Gasteiger partial charge is 0.504 e. The minimum Gasteiger partial charge on any atom is -0.504 e. The van der Waals surface area contributed by atoms with E-state index in [0.717, 1.165) is 0 Å². The highest BCUT2D eigenvalue weighted by atomic mass is 16.7. The van der Waals surface area contributed by atoms with Crippen LogP contribution in [0.1, 0.15) is 22.6 Å². The van der Waals surface area contributed by atoms with Crippen LogP contribution in [0, 0.1) is 11.8 Å². The molecule has 0 saturated carbocycles. The maximum atomic E-state index is 11.5. The number of aliphatic carboxylic acids is 1. The third kappa shape index (κ3) is 5.41. The van der Waals surface area contributed by atoms with Crippen LogP contribution in [0.4, 0.5) is 0 Å². The van der Waals surface area contributed by atoms with Gasteiger partial charge >= 0.3 is 5.97 Å². The van der Waals surface area contributed by atoms with Gasteiger partial charge < -0.3 is 64.5 Å². The van der Waals surface area contributed by atoms with Crippen LogP contribution in [0.2, 0.25) is 0 Å². The molecule has 0 spiro atoms. The molecule has 1 fully saturated rings. The van der Waals surface area contributed by atoms with Crippen LogP contribution in [-0.4, -0.2) is 112 Å². The minimum atomic E-state index is -1.91. The summed E-state index contributed by atoms with van der Waals surface area (Å²) in [6, 6.07) is 4.52. The molecule has 2 aliphatic rings. The Bertz CT molecular complexity index is 1240. The van der Waals surface area contributed by atoms with Crippen LogP contribution in [0.15, 0.2) is 18.2 Å². The molecule has 0 aromatic heterocycles. The van der Waals surface area contributed by atoms with Crippen LogP contribution < -0.4 is 14.2 Å². The number of phenols is 3. The lowest BCUT2D eigenvalue weighted by Crippen LogP contribution is -2.60. The van der Waals surface area contributed by atoms with E-state index in [2.05, 4.69) is 0 Å². The topological polar surface area (TPSA) is 225 Å². The molecule has 2 aromatic rings. The van der Waals surface area contributed by atoms with E-state index < -0.39 is 65.9 Å². The van der Waals surface area contributed by atoms with Crippen molar-refractivity contribution in [2.45, 2.75) is 43.0 Å². The predicted octanol–water partition coefficient (Wildman–Crippen LogP) is -0.349. The second-order valence-electron chi connectivity index (χ2n) is 9.98. The molecule has 1 aliphatic carbocycles. The van der Waals surface area contributed by atoms with Gasteiger partial charge in [0.05, 0.1) is 27.9 Å². The van der Waals surface area contributed by atoms with E-state index in [1.165, 1.54) is 39.5 Å². The van der Waals surface area contributed by atoms with Gasteiger partial charge in [-0.3, -0.25) is 0 Å². The zero-order chi connectivity index (χ0) is 30.2. The maximum absolute atomic E-state index is 11.5. The van der Waals surface area contributed by atoms with Crippen molar-refractivity contribution in [2.75, 3.05) is 34.5 Å². The van der Waals surface area contributed by atoms with Crippen molar-refractivity contribution in [3.8, 4) is 34.5 Å². The first kappa shape index (κ1) is 30.4. The van der Waals surface area contributed by atoms with Crippen molar-refractivity contribution >= 4 is 5.97 Å². The van der Waals surface area contributed by atoms with Crippen molar-refractivity contribution in [1.82, 2.24) is 0 Å². The van der Waals surface area contributed by atoms with Crippen molar-refractivity contribution < 1.29 is 69.3 Å². The van der Waals surface area contributed by atoms with Crippen LogP contribution in [0.3, 0.4) is 0 Å². The maximum Gasteiger partial charge on any atom is 0.335 e. The first-order chi connectivity index (χ1) is 19.5. The molecule has 226 valence electrons. The van der Waals surface area contributed by atoms with Crippen molar-refractivity contribution in [1.29, 1.82) is 0 Å². The average Bonchev–Trinajstić information content (AvgIpc) is 2.96. The quantitative estimate of drug-likeness (QED) is 0.177. The van der Waals surface area contributed by atoms with Gasteiger partial charge in [0.2, 0.25) is 11.5 Å². The Kier molecular flexibility index (Phi) is 9.01. The monoisotopic (exact) mass is 582 g/mol. The number of fused-ring (bicyclic) bond motifs is 1. The summed E-state index contributed by atoms with van der Waals surface area (Å²) in [5, 5.41) is 82.8. The fraction of sp³-hybridized carbons (Fsp3) is 0.519. The van der Waals surface area contributed by atoms with Gasteiger partial charge in [0.15, 0.2) is 35.4 Å². The van der Waals surface area contributed by atoms with Crippen molar-refractivity contribution in [3.05, 3.63) is 34.9 Å². The Labute approximate surface area is 234 Å². The molecule has 1 saturated heterocycles. The van der Waals surface area contributed by atoms with E-state index in [-0.39, 0.29) is 48.2 Å². The summed E-state index contributed by atoms with van der Waals surface area (Å²) in [6.07, 6.45) is -8.95. The highest BCUT2D eigenvalue weighted by molar-refractivity contribution is 5.73. The number of aliphatic hydroxyl groups excluding tert-OH is 4. The highest BCUT2D eigenvalue weighted by Crippen LogP contribution is 2.54. The Morgan fingerprint density at radius 1 is 0.878 bits per heavy atom. The lowest BCUT2D eigenvalue weighted by Gasteiger charge is -2.42. The highest BCUT2D eigenvalue weighted by Gasteiger charge is 2.49. The smallest absolute Gasteiger partial charge is 0.335 e. The lowest BCUT2D eigenvalue weighted by molar-refractivity contribution is -0.297. The molecule has 14 heteroatoms. The molecule has 8 atom stereocenters. The number of carboxylic acid groups (broad SMARTS) is 1. The molecule has 8 N–H and O–H groups in total. The van der Waals surface area contributed by atoms with Gasteiger partial charge in [-0.2, -0.15) is 0 Å². The summed E-state index contributed by atoms with van der Waals surface area (Å²) < 4.78 is 26.9. The summed E-state index contributed by atoms with van der Waals surface area (Å²) in [7, 11) is 3.99. The van der Waals surface area contributed by atoms with E-state index in [1.54, 1.807) is 0 Å². The van der Waals surface area contributed by atoms with Gasteiger partial charge in [-0.15, -0.1) is 0 Å². The Morgan fingerprint density at radius 3 is 2.00 bits per heavy atom. The summed E-state index contributed by atoms with van der Waals surface area (Å²) >= 11 is 0. The van der Waals surface area contributed by atoms with Gasteiger partial charge in [0.1, 0.15) is 18.3 Å². The molecule has 14 nitrogen and oxygen atoms in total. The predicted molar refractivity (Wildman–Crippen MR) is 137 cm³/mol. The van der Waals surface area contributed by atoms with Gasteiger partial charge in [-0.1, -0.05) is 0 Å². The van der Waals surface area contributed by atoms with E-state index >= 15 is 0 Å². The number of benzene rings is 2. The first-order valence-corrected chi connectivity index (χ1v) is 12.7. The number of phenolic OH excluding ortho intramolecular Hbond substituents is 3. The third-order valence-corrected chi connectivity index (χ3v) is 7.77. The van der Waals surface area contributed by atoms with E-state index in [9.17, 15) is 45.6 Å². The van der Waals surface area contributed by atoms with E-state index in [1.807, 2.05) is 0 Å². The number of ether oxygens (including phenoxy) is 5. The lowest BCUT2D eigenvalue weighted by atomic mass is 9.66. The summed E-state index contributed by atoms with van der Waals surface area (Å²) in [4.78, 5) is 11.5. The van der Waals surface area contributed by atoms with Gasteiger partial charge in [0, 0.05) is 18.1 Å². The molecule has 2 aromatic carbocycles. The van der Waals surface area contributed by atoms with E-state index in [0.29, 0.717) is 11.1 Å². The summed E-state index contributed by atoms with van der Waals surface area (Å²) in [6.45, 7) is -0.683. The van der Waals surface area contributed by atoms with Gasteiger partial charge in [0.25, 0.3) is 0 Å². The van der Waals surface area contributed by atoms with E-state index in [4.69, 9.17) is 23.7 Å². The van der Waals surface area contributed by atoms with Crippen molar-refractivity contribution in [2.24, 2.45) is 11.8 Å². The molecule has 1 heterocycles.